The summed E-state index contributed by atoms with van der Waals surface area (Å²) < 4.78 is 38.7. The number of hydrogen-bond donors (Lipinski definition) is 0. The summed E-state index contributed by atoms with van der Waals surface area (Å²) in [7, 11) is 0. The minimum atomic E-state index is -4.39. The van der Waals surface area contributed by atoms with Gasteiger partial charge in [-0.1, -0.05) is 6.07 Å². The fourth-order valence-corrected chi connectivity index (χ4v) is 5.75. The molecule has 1 atom stereocenters. The molecule has 0 aromatic carbocycles. The van der Waals surface area contributed by atoms with E-state index in [1.807, 2.05) is 4.90 Å². The summed E-state index contributed by atoms with van der Waals surface area (Å²) in [4.78, 5) is 11.0. The molecule has 4 rings (SSSR count). The van der Waals surface area contributed by atoms with Gasteiger partial charge in [0.1, 0.15) is 11.5 Å². The lowest BCUT2D eigenvalue weighted by atomic mass is 10.0. The van der Waals surface area contributed by atoms with Crippen molar-refractivity contribution in [1.82, 2.24) is 14.8 Å². The minimum absolute atomic E-state index is 0.443. The van der Waals surface area contributed by atoms with Crippen molar-refractivity contribution in [3.05, 3.63) is 23.9 Å². The lowest BCUT2D eigenvalue weighted by molar-refractivity contribution is -0.141. The molecule has 0 bridgehead atoms. The molecule has 3 aliphatic heterocycles. The maximum absolute atomic E-state index is 12.9. The van der Waals surface area contributed by atoms with Crippen LogP contribution in [0.2, 0.25) is 0 Å². The second-order valence-electron chi connectivity index (χ2n) is 7.69. The first-order valence-corrected chi connectivity index (χ1v) is 11.0. The van der Waals surface area contributed by atoms with Crippen LogP contribution in [0.15, 0.2) is 18.2 Å². The summed E-state index contributed by atoms with van der Waals surface area (Å²) in [6.07, 6.45) is -0.631. The van der Waals surface area contributed by atoms with Crippen molar-refractivity contribution >= 4 is 17.6 Å². The zero-order valence-corrected chi connectivity index (χ0v) is 16.3. The highest BCUT2D eigenvalue weighted by Crippen LogP contribution is 2.30. The number of pyridine rings is 1. The Morgan fingerprint density at radius 1 is 0.889 bits per heavy atom. The van der Waals surface area contributed by atoms with Gasteiger partial charge in [0.15, 0.2) is 0 Å². The van der Waals surface area contributed by atoms with Gasteiger partial charge in [0, 0.05) is 44.0 Å². The molecule has 4 nitrogen and oxygen atoms in total. The quantitative estimate of drug-likeness (QED) is 0.775. The van der Waals surface area contributed by atoms with Crippen LogP contribution >= 0.6 is 11.8 Å². The number of piperazine rings is 1. The van der Waals surface area contributed by atoms with E-state index in [0.29, 0.717) is 11.9 Å². The summed E-state index contributed by atoms with van der Waals surface area (Å²) in [5, 5.41) is 0. The number of hydrogen-bond acceptors (Lipinski definition) is 5. The number of thioether (sulfide) groups is 1. The Morgan fingerprint density at radius 3 is 2.22 bits per heavy atom. The van der Waals surface area contributed by atoms with Crippen LogP contribution in [-0.4, -0.2) is 77.6 Å². The second kappa shape index (κ2) is 8.17. The lowest BCUT2D eigenvalue weighted by Crippen LogP contribution is -2.54. The molecule has 0 radical (unpaired) electrons. The van der Waals surface area contributed by atoms with E-state index in [2.05, 4.69) is 26.5 Å². The highest BCUT2D eigenvalue weighted by atomic mass is 32.2. The molecule has 0 spiro atoms. The van der Waals surface area contributed by atoms with Crippen molar-refractivity contribution in [2.45, 2.75) is 37.5 Å². The third-order valence-corrected chi connectivity index (χ3v) is 7.25. The van der Waals surface area contributed by atoms with Gasteiger partial charge in [-0.05, 0) is 50.2 Å². The molecule has 0 N–H and O–H groups in total. The zero-order valence-electron chi connectivity index (χ0n) is 15.5. The van der Waals surface area contributed by atoms with Gasteiger partial charge in [-0.2, -0.15) is 24.9 Å². The van der Waals surface area contributed by atoms with Gasteiger partial charge in [-0.3, -0.25) is 9.80 Å². The monoisotopic (exact) mass is 400 g/mol. The van der Waals surface area contributed by atoms with E-state index < -0.39 is 11.9 Å². The van der Waals surface area contributed by atoms with Gasteiger partial charge in [0.25, 0.3) is 0 Å². The normalized spacial score (nSPS) is 26.6. The van der Waals surface area contributed by atoms with E-state index in [-0.39, 0.29) is 0 Å². The number of nitrogens with zero attached hydrogens (tertiary/aromatic N) is 4. The first kappa shape index (κ1) is 19.3. The van der Waals surface area contributed by atoms with Gasteiger partial charge in [0.05, 0.1) is 0 Å². The molecule has 150 valence electrons. The van der Waals surface area contributed by atoms with Crippen LogP contribution < -0.4 is 4.90 Å². The number of anilines is 1. The van der Waals surface area contributed by atoms with Crippen molar-refractivity contribution < 1.29 is 13.2 Å². The average Bonchev–Trinajstić information content (AvgIpc) is 3.23. The zero-order chi connectivity index (χ0) is 18.9. The van der Waals surface area contributed by atoms with Crippen LogP contribution in [0.4, 0.5) is 19.0 Å². The molecule has 3 saturated heterocycles. The van der Waals surface area contributed by atoms with E-state index in [1.54, 1.807) is 6.07 Å². The van der Waals surface area contributed by atoms with E-state index in [4.69, 9.17) is 0 Å². The van der Waals surface area contributed by atoms with Crippen LogP contribution in [0.3, 0.4) is 0 Å². The van der Waals surface area contributed by atoms with Crippen molar-refractivity contribution in [2.75, 3.05) is 55.7 Å². The van der Waals surface area contributed by atoms with E-state index in [9.17, 15) is 13.2 Å². The van der Waals surface area contributed by atoms with Gasteiger partial charge in [-0.25, -0.2) is 4.98 Å². The fourth-order valence-electron chi connectivity index (χ4n) is 4.50. The van der Waals surface area contributed by atoms with Crippen molar-refractivity contribution in [1.29, 1.82) is 0 Å². The molecule has 0 aliphatic carbocycles. The average molecular weight is 401 g/mol. The predicted molar refractivity (Wildman–Crippen MR) is 103 cm³/mol. The van der Waals surface area contributed by atoms with Crippen LogP contribution in [-0.2, 0) is 6.18 Å². The Bertz CT molecular complexity index is 620. The van der Waals surface area contributed by atoms with Gasteiger partial charge in [-0.15, -0.1) is 0 Å². The highest BCUT2D eigenvalue weighted by Gasteiger charge is 2.34. The Balaban J connectivity index is 1.28. The second-order valence-corrected chi connectivity index (χ2v) is 8.84. The van der Waals surface area contributed by atoms with E-state index >= 15 is 0 Å². The number of aromatic nitrogens is 1. The highest BCUT2D eigenvalue weighted by molar-refractivity contribution is 7.99. The molecule has 1 unspecified atom stereocenters. The van der Waals surface area contributed by atoms with Crippen LogP contribution in [0.25, 0.3) is 0 Å². The number of halogens is 3. The first-order valence-electron chi connectivity index (χ1n) is 9.86. The maximum atomic E-state index is 12.9. The summed E-state index contributed by atoms with van der Waals surface area (Å²) in [5.41, 5.74) is -0.806. The van der Waals surface area contributed by atoms with Gasteiger partial charge < -0.3 is 4.90 Å². The Labute approximate surface area is 163 Å². The number of piperidine rings is 1. The number of rotatable bonds is 3. The lowest BCUT2D eigenvalue weighted by Gasteiger charge is -2.44. The third kappa shape index (κ3) is 4.54. The van der Waals surface area contributed by atoms with Crippen LogP contribution in [0.5, 0.6) is 0 Å². The standard InChI is InChI=1S/C19H27F3N4S/c20-19(21,22)17-2-1-3-18(23-17)26-11-9-25(10-12-26)15-4-7-24(8-5-15)16-6-13-27-14-16/h1-3,15-16H,4-14H2. The third-order valence-electron chi connectivity index (χ3n) is 6.10. The smallest absolute Gasteiger partial charge is 0.354 e. The largest absolute Gasteiger partial charge is 0.433 e. The Hall–Kier alpha value is -0.990. The Morgan fingerprint density at radius 2 is 1.59 bits per heavy atom. The van der Waals surface area contributed by atoms with Crippen molar-refractivity contribution in [3.8, 4) is 0 Å². The van der Waals surface area contributed by atoms with Crippen LogP contribution in [0.1, 0.15) is 25.0 Å². The predicted octanol–water partition coefficient (Wildman–Crippen LogP) is 3.19. The fraction of sp³-hybridized carbons (Fsp3) is 0.737. The topological polar surface area (TPSA) is 22.6 Å². The van der Waals surface area contributed by atoms with Crippen molar-refractivity contribution in [2.24, 2.45) is 0 Å². The molecule has 0 amide bonds. The maximum Gasteiger partial charge on any atom is 0.433 e. The van der Waals surface area contributed by atoms with E-state index in [0.717, 1.165) is 38.3 Å². The SMILES string of the molecule is FC(F)(F)c1cccc(N2CCN(C3CCN(C4CCSC4)CC3)CC2)n1. The summed E-state index contributed by atoms with van der Waals surface area (Å²) in [5.74, 6) is 3.03. The summed E-state index contributed by atoms with van der Waals surface area (Å²) in [6.45, 7) is 5.67. The summed E-state index contributed by atoms with van der Waals surface area (Å²) in [6, 6.07) is 5.57. The molecule has 1 aromatic heterocycles. The molecule has 4 heterocycles. The molecule has 3 aliphatic rings. The first-order chi connectivity index (χ1) is 13.0. The number of alkyl halides is 3. The molecular formula is C19H27F3N4S. The van der Waals surface area contributed by atoms with E-state index in [1.165, 1.54) is 49.9 Å². The molecule has 3 fully saturated rings. The van der Waals surface area contributed by atoms with Gasteiger partial charge in [0.2, 0.25) is 0 Å². The van der Waals surface area contributed by atoms with Crippen molar-refractivity contribution in [3.63, 3.8) is 0 Å². The molecule has 1 aromatic rings. The molecule has 0 saturated carbocycles. The molecular weight excluding hydrogens is 373 g/mol. The minimum Gasteiger partial charge on any atom is -0.354 e. The molecule has 8 heteroatoms. The van der Waals surface area contributed by atoms with Gasteiger partial charge >= 0.3 is 6.18 Å². The molecule has 27 heavy (non-hydrogen) atoms. The van der Waals surface area contributed by atoms with Crippen LogP contribution in [0, 0.1) is 0 Å². The summed E-state index contributed by atoms with van der Waals surface area (Å²) >= 11 is 2.07. The Kier molecular flexibility index (Phi) is 5.85. The number of likely N-dealkylation sites (tertiary alicyclic amines) is 1.